The number of hydrogen-bond acceptors (Lipinski definition) is 8. The minimum absolute atomic E-state index is 0.121. The topological polar surface area (TPSA) is 191 Å². The first kappa shape index (κ1) is 28.3. The Balaban J connectivity index is 1.65. The van der Waals surface area contributed by atoms with Gasteiger partial charge in [-0.25, -0.2) is 13.2 Å². The zero-order valence-electron chi connectivity index (χ0n) is 21.5. The lowest BCUT2D eigenvalue weighted by molar-refractivity contribution is -0.145. The summed E-state index contributed by atoms with van der Waals surface area (Å²) in [4.78, 5) is 53.0. The summed E-state index contributed by atoms with van der Waals surface area (Å²) in [6, 6.07) is -2.51. The molecule has 2 aliphatic carbocycles. The van der Waals surface area contributed by atoms with E-state index >= 15 is 0 Å². The van der Waals surface area contributed by atoms with Gasteiger partial charge < -0.3 is 30.5 Å². The molecule has 13 nitrogen and oxygen atoms in total. The standard InChI is InChI=1S/C24H36N4O9S/c1-3-18-19(25-23(33)34)21(31)28-12-15(29)10-17(28)20(30)26-24(22(32)27-38(35,36)16-8-9-16)11-14(24)7-5-4-6-13(2)37-18/h5,7,13-19,25,29H,3-4,6,8-12H2,1-2H3,(H,26,30)(H,27,32)(H,33,34)/b7-5-/t13-,14-,15-,17+,18+,19+,24-/m1/s1. The number of nitrogens with one attached hydrogen (secondary N) is 3. The van der Waals surface area contributed by atoms with Gasteiger partial charge in [-0.3, -0.25) is 19.1 Å². The van der Waals surface area contributed by atoms with Crippen molar-refractivity contribution in [3.63, 3.8) is 0 Å². The van der Waals surface area contributed by atoms with Crippen LogP contribution in [0.1, 0.15) is 58.8 Å². The van der Waals surface area contributed by atoms with Crippen LogP contribution in [-0.4, -0.2) is 95.1 Å². The lowest BCUT2D eigenvalue weighted by Gasteiger charge is -2.33. The van der Waals surface area contributed by atoms with Crippen molar-refractivity contribution in [2.45, 2.75) is 100.0 Å². The molecule has 4 amide bonds. The lowest BCUT2D eigenvalue weighted by atomic mass is 10.0. The van der Waals surface area contributed by atoms with E-state index in [-0.39, 0.29) is 25.5 Å². The Morgan fingerprint density at radius 2 is 1.97 bits per heavy atom. The van der Waals surface area contributed by atoms with E-state index in [1.54, 1.807) is 13.0 Å². The van der Waals surface area contributed by atoms with Crippen molar-refractivity contribution in [3.05, 3.63) is 12.2 Å². The van der Waals surface area contributed by atoms with Crippen LogP contribution in [0.3, 0.4) is 0 Å². The number of ether oxygens (including phenoxy) is 1. The smallest absolute Gasteiger partial charge is 0.405 e. The summed E-state index contributed by atoms with van der Waals surface area (Å²) < 4.78 is 33.1. The van der Waals surface area contributed by atoms with Crippen LogP contribution < -0.4 is 15.4 Å². The molecule has 2 saturated carbocycles. The number of aliphatic hydroxyl groups is 1. The van der Waals surface area contributed by atoms with E-state index in [0.29, 0.717) is 32.1 Å². The monoisotopic (exact) mass is 556 g/mol. The molecule has 0 radical (unpaired) electrons. The number of nitrogens with zero attached hydrogens (tertiary/aromatic N) is 1. The van der Waals surface area contributed by atoms with E-state index in [1.807, 2.05) is 13.0 Å². The van der Waals surface area contributed by atoms with Gasteiger partial charge in [-0.15, -0.1) is 0 Å². The average Bonchev–Trinajstić information content (AvgIpc) is 3.75. The number of aliphatic hydroxyl groups excluding tert-OH is 1. The molecule has 1 saturated heterocycles. The number of sulfonamides is 1. The number of fused-ring (bicyclic) bond motifs is 2. The maximum Gasteiger partial charge on any atom is 0.405 e. The maximum atomic E-state index is 13.6. The SMILES string of the molecule is CC[C@@H]1O[C@H](C)CC/C=C\[C@@H]2C[C@@]2(C(=O)NS(=O)(=O)C2CC2)NC(=O)[C@@H]2C[C@@H](O)CN2C(=O)[C@H]1NC(=O)O. The fourth-order valence-corrected chi connectivity index (χ4v) is 6.63. The van der Waals surface area contributed by atoms with E-state index in [9.17, 15) is 37.8 Å². The van der Waals surface area contributed by atoms with Gasteiger partial charge in [0.15, 0.2) is 0 Å². The summed E-state index contributed by atoms with van der Waals surface area (Å²) in [7, 11) is -3.86. The molecule has 5 N–H and O–H groups in total. The van der Waals surface area contributed by atoms with Crippen molar-refractivity contribution >= 4 is 33.8 Å². The Morgan fingerprint density at radius 1 is 1.26 bits per heavy atom. The molecule has 2 heterocycles. The van der Waals surface area contributed by atoms with E-state index in [2.05, 4.69) is 15.4 Å². The third-order valence-electron chi connectivity index (χ3n) is 7.66. The van der Waals surface area contributed by atoms with Gasteiger partial charge in [0.2, 0.25) is 21.8 Å². The second-order valence-electron chi connectivity index (χ2n) is 10.7. The molecule has 14 heteroatoms. The number of carbonyl (C=O) groups is 4. The van der Waals surface area contributed by atoms with E-state index in [1.165, 1.54) is 0 Å². The summed E-state index contributed by atoms with van der Waals surface area (Å²) >= 11 is 0. The van der Waals surface area contributed by atoms with Gasteiger partial charge in [-0.2, -0.15) is 0 Å². The molecule has 4 aliphatic rings. The molecule has 3 fully saturated rings. The minimum Gasteiger partial charge on any atom is -0.465 e. The summed E-state index contributed by atoms with van der Waals surface area (Å²) in [5.41, 5.74) is -1.51. The molecule has 38 heavy (non-hydrogen) atoms. The van der Waals surface area contributed by atoms with Gasteiger partial charge in [0.05, 0.1) is 23.6 Å². The Morgan fingerprint density at radius 3 is 2.61 bits per heavy atom. The van der Waals surface area contributed by atoms with Crippen molar-refractivity contribution < 1.29 is 42.5 Å². The highest BCUT2D eigenvalue weighted by Crippen LogP contribution is 2.46. The first-order chi connectivity index (χ1) is 17.9. The molecular weight excluding hydrogens is 520 g/mol. The molecule has 0 spiro atoms. The molecule has 0 aromatic rings. The Kier molecular flexibility index (Phi) is 8.05. The van der Waals surface area contributed by atoms with Crippen LogP contribution in [0.5, 0.6) is 0 Å². The summed E-state index contributed by atoms with van der Waals surface area (Å²) in [6.07, 6.45) is 2.36. The van der Waals surface area contributed by atoms with Crippen LogP contribution in [0.25, 0.3) is 0 Å². The lowest BCUT2D eigenvalue weighted by Crippen LogP contribution is -2.60. The number of carbonyl (C=O) groups excluding carboxylic acids is 3. The zero-order chi connectivity index (χ0) is 27.8. The van der Waals surface area contributed by atoms with E-state index < -0.39 is 74.8 Å². The number of amides is 4. The third-order valence-corrected chi connectivity index (χ3v) is 9.48. The molecule has 7 atom stereocenters. The Bertz CT molecular complexity index is 1110. The molecule has 0 aromatic heterocycles. The largest absolute Gasteiger partial charge is 0.465 e. The predicted molar refractivity (Wildman–Crippen MR) is 133 cm³/mol. The molecule has 0 bridgehead atoms. The number of allylic oxidation sites excluding steroid dienone is 1. The average molecular weight is 557 g/mol. The normalized spacial score (nSPS) is 37.1. The third kappa shape index (κ3) is 5.96. The van der Waals surface area contributed by atoms with Crippen LogP contribution in [0.2, 0.25) is 0 Å². The molecule has 212 valence electrons. The second-order valence-corrected chi connectivity index (χ2v) is 12.6. The number of carboxylic acid groups (broad SMARTS) is 1. The van der Waals surface area contributed by atoms with Crippen molar-refractivity contribution in [3.8, 4) is 0 Å². The highest BCUT2D eigenvalue weighted by Gasteiger charge is 2.62. The van der Waals surface area contributed by atoms with Crippen LogP contribution in [-0.2, 0) is 29.1 Å². The van der Waals surface area contributed by atoms with Crippen molar-refractivity contribution in [1.82, 2.24) is 20.3 Å². The van der Waals surface area contributed by atoms with E-state index in [4.69, 9.17) is 4.74 Å². The second kappa shape index (κ2) is 10.8. The molecule has 0 unspecified atom stereocenters. The summed E-state index contributed by atoms with van der Waals surface area (Å²) in [5.74, 6) is -2.74. The van der Waals surface area contributed by atoms with Gasteiger partial charge in [0, 0.05) is 18.9 Å². The maximum absolute atomic E-state index is 13.6. The molecular formula is C24H36N4O9S. The minimum atomic E-state index is -3.86. The fourth-order valence-electron chi connectivity index (χ4n) is 5.27. The van der Waals surface area contributed by atoms with Crippen molar-refractivity contribution in [1.29, 1.82) is 0 Å². The van der Waals surface area contributed by atoms with Crippen LogP contribution in [0.4, 0.5) is 4.79 Å². The Labute approximate surface area is 221 Å². The molecule has 0 aromatic carbocycles. The predicted octanol–water partition coefficient (Wildman–Crippen LogP) is -0.399. The Hall–Kier alpha value is -2.71. The molecule has 4 rings (SSSR count). The van der Waals surface area contributed by atoms with E-state index in [0.717, 1.165) is 4.90 Å². The van der Waals surface area contributed by atoms with Crippen LogP contribution >= 0.6 is 0 Å². The number of hydrogen-bond donors (Lipinski definition) is 5. The molecule has 2 aliphatic heterocycles. The van der Waals surface area contributed by atoms with Gasteiger partial charge in [0.25, 0.3) is 5.91 Å². The van der Waals surface area contributed by atoms with Crippen molar-refractivity contribution in [2.24, 2.45) is 5.92 Å². The van der Waals surface area contributed by atoms with Crippen LogP contribution in [0.15, 0.2) is 12.2 Å². The fraction of sp³-hybridized carbons (Fsp3) is 0.750. The summed E-state index contributed by atoms with van der Waals surface area (Å²) in [6.45, 7) is 3.35. The van der Waals surface area contributed by atoms with Crippen LogP contribution in [0, 0.1) is 5.92 Å². The van der Waals surface area contributed by atoms with Gasteiger partial charge in [-0.05, 0) is 45.4 Å². The first-order valence-electron chi connectivity index (χ1n) is 13.1. The van der Waals surface area contributed by atoms with Gasteiger partial charge >= 0.3 is 6.09 Å². The first-order valence-corrected chi connectivity index (χ1v) is 14.6. The van der Waals surface area contributed by atoms with Gasteiger partial charge in [0.1, 0.15) is 17.6 Å². The highest BCUT2D eigenvalue weighted by atomic mass is 32.2. The highest BCUT2D eigenvalue weighted by molar-refractivity contribution is 7.91. The van der Waals surface area contributed by atoms with Gasteiger partial charge in [-0.1, -0.05) is 19.1 Å². The quantitative estimate of drug-likeness (QED) is 0.280. The summed E-state index contributed by atoms with van der Waals surface area (Å²) in [5, 5.41) is 24.0. The zero-order valence-corrected chi connectivity index (χ0v) is 22.3. The van der Waals surface area contributed by atoms with Crippen molar-refractivity contribution in [2.75, 3.05) is 6.54 Å². The number of rotatable bonds is 5.